The van der Waals surface area contributed by atoms with Gasteiger partial charge in [-0.05, 0) is 36.8 Å². The van der Waals surface area contributed by atoms with E-state index >= 15 is 0 Å². The molecule has 8 nitrogen and oxygen atoms in total. The van der Waals surface area contributed by atoms with Crippen LogP contribution in [0.1, 0.15) is 29.3 Å². The highest BCUT2D eigenvalue weighted by molar-refractivity contribution is 6.03. The van der Waals surface area contributed by atoms with Crippen LogP contribution in [-0.2, 0) is 9.59 Å². The number of amides is 2. The average molecular weight is 444 g/mol. The summed E-state index contributed by atoms with van der Waals surface area (Å²) in [5.74, 6) is 0.412. The number of primary amides is 1. The lowest BCUT2D eigenvalue weighted by Gasteiger charge is -2.35. The zero-order valence-electron chi connectivity index (χ0n) is 18.2. The number of carbonyl (C=O) groups is 2. The summed E-state index contributed by atoms with van der Waals surface area (Å²) in [4.78, 5) is 27.2. The minimum absolute atomic E-state index is 0.0199. The maximum Gasteiger partial charge on any atom is 0.262 e. The molecule has 33 heavy (non-hydrogen) atoms. The predicted octanol–water partition coefficient (Wildman–Crippen LogP) is 3.02. The number of carbonyl (C=O) groups excluding carboxylic acids is 2. The van der Waals surface area contributed by atoms with Gasteiger partial charge in [0.05, 0.1) is 30.8 Å². The van der Waals surface area contributed by atoms with Crippen LogP contribution in [-0.4, -0.2) is 41.7 Å². The van der Waals surface area contributed by atoms with E-state index in [1.807, 2.05) is 60.4 Å². The number of anilines is 1. The van der Waals surface area contributed by atoms with Crippen molar-refractivity contribution in [2.75, 3.05) is 18.0 Å². The molecular formula is C25H24N4O4. The number of aryl methyl sites for hydroxylation is 1. The number of rotatable bonds is 5. The molecule has 168 valence electrons. The number of hydrogen-bond donors (Lipinski definition) is 1. The van der Waals surface area contributed by atoms with E-state index in [1.165, 1.54) is 5.01 Å². The van der Waals surface area contributed by atoms with Gasteiger partial charge < -0.3 is 19.8 Å². The quantitative estimate of drug-likeness (QED) is 0.652. The van der Waals surface area contributed by atoms with Gasteiger partial charge in [-0.2, -0.15) is 5.10 Å². The van der Waals surface area contributed by atoms with Crippen LogP contribution in [0.15, 0.2) is 76.4 Å². The largest absolute Gasteiger partial charge is 0.477 e. The van der Waals surface area contributed by atoms with E-state index in [9.17, 15) is 9.59 Å². The summed E-state index contributed by atoms with van der Waals surface area (Å²) in [7, 11) is 0. The Balaban J connectivity index is 1.44. The summed E-state index contributed by atoms with van der Waals surface area (Å²) in [6.45, 7) is 2.24. The Bertz CT molecular complexity index is 1200. The van der Waals surface area contributed by atoms with Gasteiger partial charge in [0.25, 0.3) is 11.8 Å². The lowest BCUT2D eigenvalue weighted by Crippen LogP contribution is -2.50. The standard InChI is InChI=1S/C25H24N4O4/c1-16-8-10-17(11-9-16)18-13-20(21-7-4-12-32-21)29(27-18)24(30)15-28-14-23(25(26)31)33-22-6-3-2-5-19(22)28/h2-12,20,23H,13-15H2,1H3,(H2,26,31)/t20-,23-/m0/s1. The summed E-state index contributed by atoms with van der Waals surface area (Å²) in [6, 6.07) is 18.7. The fourth-order valence-electron chi connectivity index (χ4n) is 4.20. The Morgan fingerprint density at radius 3 is 2.61 bits per heavy atom. The van der Waals surface area contributed by atoms with Gasteiger partial charge in [0.2, 0.25) is 0 Å². The highest BCUT2D eigenvalue weighted by atomic mass is 16.5. The van der Waals surface area contributed by atoms with E-state index in [2.05, 4.69) is 0 Å². The van der Waals surface area contributed by atoms with Crippen LogP contribution >= 0.6 is 0 Å². The highest BCUT2D eigenvalue weighted by Crippen LogP contribution is 2.36. The molecule has 2 atom stereocenters. The first-order valence-electron chi connectivity index (χ1n) is 10.8. The number of hydrazone groups is 1. The second-order valence-electron chi connectivity index (χ2n) is 8.24. The van der Waals surface area contributed by atoms with Crippen molar-refractivity contribution in [1.29, 1.82) is 0 Å². The Hall–Kier alpha value is -4.07. The van der Waals surface area contributed by atoms with Crippen LogP contribution in [0, 0.1) is 6.92 Å². The fraction of sp³-hybridized carbons (Fsp3) is 0.240. The van der Waals surface area contributed by atoms with Crippen molar-refractivity contribution in [2.45, 2.75) is 25.5 Å². The van der Waals surface area contributed by atoms with Gasteiger partial charge in [-0.1, -0.05) is 42.0 Å². The number of benzene rings is 2. The van der Waals surface area contributed by atoms with E-state index in [0.717, 1.165) is 22.5 Å². The lowest BCUT2D eigenvalue weighted by molar-refractivity contribution is -0.132. The molecule has 8 heteroatoms. The van der Waals surface area contributed by atoms with Gasteiger partial charge in [0.1, 0.15) is 17.6 Å². The molecule has 0 saturated heterocycles. The summed E-state index contributed by atoms with van der Waals surface area (Å²) in [6.07, 6.45) is 1.31. The molecule has 0 spiro atoms. The van der Waals surface area contributed by atoms with Crippen LogP contribution in [0.4, 0.5) is 5.69 Å². The number of hydrogen-bond acceptors (Lipinski definition) is 6. The SMILES string of the molecule is Cc1ccc(C2=NN(C(=O)CN3C[C@@H](C(N)=O)Oc4ccccc43)[C@H](c3ccco3)C2)cc1. The van der Waals surface area contributed by atoms with E-state index in [0.29, 0.717) is 17.9 Å². The van der Waals surface area contributed by atoms with Crippen molar-refractivity contribution in [2.24, 2.45) is 10.8 Å². The third-order valence-electron chi connectivity index (χ3n) is 5.93. The Morgan fingerprint density at radius 2 is 1.88 bits per heavy atom. The molecule has 2 aromatic carbocycles. The molecule has 3 heterocycles. The minimum atomic E-state index is -0.834. The monoisotopic (exact) mass is 444 g/mol. The Kier molecular flexibility index (Phi) is 5.34. The second-order valence-corrected chi connectivity index (χ2v) is 8.24. The molecule has 0 aliphatic carbocycles. The first kappa shape index (κ1) is 20.8. The van der Waals surface area contributed by atoms with Crippen molar-refractivity contribution >= 4 is 23.2 Å². The molecule has 0 radical (unpaired) electrons. The lowest BCUT2D eigenvalue weighted by atomic mass is 10.0. The molecule has 0 unspecified atom stereocenters. The molecule has 3 aromatic rings. The molecular weight excluding hydrogens is 420 g/mol. The minimum Gasteiger partial charge on any atom is -0.477 e. The zero-order valence-corrected chi connectivity index (χ0v) is 18.2. The van der Waals surface area contributed by atoms with Crippen LogP contribution in [0.5, 0.6) is 5.75 Å². The predicted molar refractivity (Wildman–Crippen MR) is 123 cm³/mol. The molecule has 0 bridgehead atoms. The maximum atomic E-state index is 13.5. The number of nitrogens with zero attached hydrogens (tertiary/aromatic N) is 3. The van der Waals surface area contributed by atoms with Crippen LogP contribution < -0.4 is 15.4 Å². The fourth-order valence-corrected chi connectivity index (χ4v) is 4.20. The Labute approximate surface area is 191 Å². The van der Waals surface area contributed by atoms with Crippen molar-refractivity contribution in [3.05, 3.63) is 83.8 Å². The van der Waals surface area contributed by atoms with Crippen molar-refractivity contribution in [3.63, 3.8) is 0 Å². The topological polar surface area (TPSA) is 101 Å². The number of fused-ring (bicyclic) bond motifs is 1. The zero-order chi connectivity index (χ0) is 22.9. The molecule has 2 amide bonds. The van der Waals surface area contributed by atoms with Gasteiger partial charge in [-0.25, -0.2) is 5.01 Å². The smallest absolute Gasteiger partial charge is 0.262 e. The third-order valence-corrected chi connectivity index (χ3v) is 5.93. The van der Waals surface area contributed by atoms with Gasteiger partial charge in [-0.3, -0.25) is 9.59 Å². The molecule has 2 aliphatic heterocycles. The normalized spacial score (nSPS) is 19.6. The molecule has 2 aliphatic rings. The molecule has 2 N–H and O–H groups in total. The number of ether oxygens (including phenoxy) is 1. The van der Waals surface area contributed by atoms with E-state index in [4.69, 9.17) is 20.0 Å². The summed E-state index contributed by atoms with van der Waals surface area (Å²) < 4.78 is 11.3. The van der Waals surface area contributed by atoms with Gasteiger partial charge >= 0.3 is 0 Å². The molecule has 1 aromatic heterocycles. The summed E-state index contributed by atoms with van der Waals surface area (Å²) in [5.41, 5.74) is 9.18. The second kappa shape index (κ2) is 8.46. The Morgan fingerprint density at radius 1 is 1.09 bits per heavy atom. The van der Waals surface area contributed by atoms with Gasteiger partial charge in [0.15, 0.2) is 6.10 Å². The van der Waals surface area contributed by atoms with Crippen molar-refractivity contribution in [1.82, 2.24) is 5.01 Å². The number of furan rings is 1. The van der Waals surface area contributed by atoms with Crippen molar-refractivity contribution < 1.29 is 18.7 Å². The molecule has 0 saturated carbocycles. The first-order chi connectivity index (χ1) is 16.0. The van der Waals surface area contributed by atoms with Crippen LogP contribution in [0.25, 0.3) is 0 Å². The van der Waals surface area contributed by atoms with E-state index in [-0.39, 0.29) is 25.0 Å². The maximum absolute atomic E-state index is 13.5. The van der Waals surface area contributed by atoms with Crippen molar-refractivity contribution in [3.8, 4) is 5.75 Å². The highest BCUT2D eigenvalue weighted by Gasteiger charge is 2.37. The van der Waals surface area contributed by atoms with Crippen LogP contribution in [0.3, 0.4) is 0 Å². The molecule has 0 fully saturated rings. The van der Waals surface area contributed by atoms with E-state index < -0.39 is 12.0 Å². The van der Waals surface area contributed by atoms with Gasteiger partial charge in [-0.15, -0.1) is 0 Å². The molecule has 5 rings (SSSR count). The van der Waals surface area contributed by atoms with E-state index in [1.54, 1.807) is 18.4 Å². The first-order valence-corrected chi connectivity index (χ1v) is 10.8. The summed E-state index contributed by atoms with van der Waals surface area (Å²) >= 11 is 0. The summed E-state index contributed by atoms with van der Waals surface area (Å²) in [5, 5.41) is 6.18. The van der Waals surface area contributed by atoms with Gasteiger partial charge in [0, 0.05) is 6.42 Å². The van der Waals surface area contributed by atoms with Crippen LogP contribution in [0.2, 0.25) is 0 Å². The average Bonchev–Trinajstić information content (AvgIpc) is 3.49. The third kappa shape index (κ3) is 4.07. The number of para-hydroxylation sites is 2. The number of nitrogens with two attached hydrogens (primary N) is 1.